The molecule has 1 amide bonds. The molecule has 0 unspecified atom stereocenters. The first-order valence-electron chi connectivity index (χ1n) is 12.6. The van der Waals surface area contributed by atoms with Crippen molar-refractivity contribution in [2.75, 3.05) is 39.4 Å². The first kappa shape index (κ1) is 29.5. The van der Waals surface area contributed by atoms with Crippen molar-refractivity contribution in [2.24, 2.45) is 0 Å². The maximum atomic E-state index is 12.0. The zero-order valence-electron chi connectivity index (χ0n) is 21.9. The van der Waals surface area contributed by atoms with Crippen molar-refractivity contribution < 1.29 is 19.4 Å². The number of carbonyl (C=O) groups excluding carboxylic acids is 1. The number of aryl methyl sites for hydroxylation is 3. The Balaban J connectivity index is 0.00000137. The van der Waals surface area contributed by atoms with Gasteiger partial charge in [-0.05, 0) is 67.6 Å². The van der Waals surface area contributed by atoms with Crippen molar-refractivity contribution in [3.63, 3.8) is 0 Å². The molecule has 190 valence electrons. The van der Waals surface area contributed by atoms with Gasteiger partial charge in [-0.25, -0.2) is 0 Å². The lowest BCUT2D eigenvalue weighted by Gasteiger charge is -2.26. The molecule has 1 fully saturated rings. The Kier molecular flexibility index (Phi) is 14.7. The Bertz CT molecular complexity index is 808. The average molecular weight is 473 g/mol. The number of carbonyl (C=O) groups is 1. The normalized spacial score (nSPS) is 13.1. The van der Waals surface area contributed by atoms with E-state index in [0.717, 1.165) is 62.6 Å². The molecule has 0 radical (unpaired) electrons. The number of hydrogen-bond acceptors (Lipinski definition) is 5. The van der Waals surface area contributed by atoms with Crippen molar-refractivity contribution in [2.45, 2.75) is 60.8 Å². The van der Waals surface area contributed by atoms with Crippen LogP contribution in [0.2, 0.25) is 0 Å². The first-order chi connectivity index (χ1) is 16.5. The minimum atomic E-state index is 0.117. The molecule has 0 bridgehead atoms. The molecule has 3 rings (SSSR count). The summed E-state index contributed by atoms with van der Waals surface area (Å²) in [6, 6.07) is 11.0. The lowest BCUT2D eigenvalue weighted by Crippen LogP contribution is -2.38. The highest BCUT2D eigenvalue weighted by atomic mass is 16.5. The minimum absolute atomic E-state index is 0.117. The molecule has 0 aliphatic carbocycles. The van der Waals surface area contributed by atoms with E-state index in [1.165, 1.54) is 5.56 Å². The van der Waals surface area contributed by atoms with Crippen molar-refractivity contribution in [3.8, 4) is 17.2 Å². The van der Waals surface area contributed by atoms with Crippen LogP contribution in [0.3, 0.4) is 0 Å². The third kappa shape index (κ3) is 10.6. The second-order valence-electron chi connectivity index (χ2n) is 7.81. The van der Waals surface area contributed by atoms with Gasteiger partial charge in [0.2, 0.25) is 5.91 Å². The molecule has 2 aromatic carbocycles. The lowest BCUT2D eigenvalue weighted by molar-refractivity contribution is -0.121. The van der Waals surface area contributed by atoms with E-state index in [-0.39, 0.29) is 11.7 Å². The molecular formula is C28H44N2O4. The van der Waals surface area contributed by atoms with Crippen LogP contribution < -0.4 is 10.1 Å². The molecule has 1 heterocycles. The van der Waals surface area contributed by atoms with E-state index in [9.17, 15) is 9.90 Å². The van der Waals surface area contributed by atoms with Gasteiger partial charge >= 0.3 is 0 Å². The number of amides is 1. The van der Waals surface area contributed by atoms with Crippen LogP contribution in [0.25, 0.3) is 0 Å². The fourth-order valence-electron chi connectivity index (χ4n) is 3.67. The van der Waals surface area contributed by atoms with E-state index in [0.29, 0.717) is 18.7 Å². The smallest absolute Gasteiger partial charge is 0.221 e. The van der Waals surface area contributed by atoms with Gasteiger partial charge in [0.25, 0.3) is 0 Å². The van der Waals surface area contributed by atoms with Crippen molar-refractivity contribution >= 4 is 5.91 Å². The maximum Gasteiger partial charge on any atom is 0.221 e. The number of benzene rings is 2. The molecule has 34 heavy (non-hydrogen) atoms. The van der Waals surface area contributed by atoms with Crippen molar-refractivity contribution in [1.82, 2.24) is 10.2 Å². The summed E-state index contributed by atoms with van der Waals surface area (Å²) in [5.41, 5.74) is 3.39. The second kappa shape index (κ2) is 17.0. The fraction of sp³-hybridized carbons (Fsp3) is 0.536. The number of aromatic hydroxyl groups is 1. The van der Waals surface area contributed by atoms with Gasteiger partial charge in [0.15, 0.2) is 0 Å². The standard InChI is InChI=1S/C24H32N2O4.2C2H6/c1-18-16-20(17-19(2)24(18)30-22-7-5-21(27)6-8-22)4-3-10-25-23(28)9-11-26-12-14-29-15-13-26;2*1-2/h5-8,16-17,27H,3-4,9-15H2,1-2H3,(H,25,28);2*1-2H3. The molecule has 0 aromatic heterocycles. The van der Waals surface area contributed by atoms with E-state index in [1.807, 2.05) is 41.5 Å². The monoisotopic (exact) mass is 472 g/mol. The average Bonchev–Trinajstić information content (AvgIpc) is 2.87. The molecule has 1 aliphatic rings. The van der Waals surface area contributed by atoms with Gasteiger partial charge in [-0.1, -0.05) is 39.8 Å². The molecule has 6 nitrogen and oxygen atoms in total. The van der Waals surface area contributed by atoms with Gasteiger partial charge in [0.05, 0.1) is 13.2 Å². The molecular weight excluding hydrogens is 428 g/mol. The summed E-state index contributed by atoms with van der Waals surface area (Å²) >= 11 is 0. The fourth-order valence-corrected chi connectivity index (χ4v) is 3.67. The third-order valence-corrected chi connectivity index (χ3v) is 5.30. The van der Waals surface area contributed by atoms with Crippen LogP contribution in [0.5, 0.6) is 17.2 Å². The van der Waals surface area contributed by atoms with E-state index < -0.39 is 0 Å². The zero-order chi connectivity index (χ0) is 25.3. The van der Waals surface area contributed by atoms with E-state index in [1.54, 1.807) is 24.3 Å². The van der Waals surface area contributed by atoms with Gasteiger partial charge in [-0.2, -0.15) is 0 Å². The number of phenolic OH excluding ortho intramolecular Hbond substituents is 1. The van der Waals surface area contributed by atoms with Gasteiger partial charge < -0.3 is 19.9 Å². The summed E-state index contributed by atoms with van der Waals surface area (Å²) in [6.07, 6.45) is 2.35. The molecule has 1 saturated heterocycles. The van der Waals surface area contributed by atoms with Crippen LogP contribution in [-0.2, 0) is 16.0 Å². The molecule has 6 heteroatoms. The highest BCUT2D eigenvalue weighted by molar-refractivity contribution is 5.76. The van der Waals surface area contributed by atoms with Gasteiger partial charge in [0, 0.05) is 32.6 Å². The van der Waals surface area contributed by atoms with E-state index >= 15 is 0 Å². The number of morpholine rings is 1. The summed E-state index contributed by atoms with van der Waals surface area (Å²) in [7, 11) is 0. The zero-order valence-corrected chi connectivity index (χ0v) is 21.9. The maximum absolute atomic E-state index is 12.0. The Morgan fingerprint density at radius 2 is 1.62 bits per heavy atom. The predicted octanol–water partition coefficient (Wildman–Crippen LogP) is 5.62. The van der Waals surface area contributed by atoms with Crippen molar-refractivity contribution in [3.05, 3.63) is 53.1 Å². The summed E-state index contributed by atoms with van der Waals surface area (Å²) < 4.78 is 11.3. The molecule has 2 aromatic rings. The van der Waals surface area contributed by atoms with Crippen LogP contribution in [-0.4, -0.2) is 55.3 Å². The molecule has 1 aliphatic heterocycles. The van der Waals surface area contributed by atoms with Crippen LogP contribution in [0.4, 0.5) is 0 Å². The molecule has 2 N–H and O–H groups in total. The number of phenols is 1. The summed E-state index contributed by atoms with van der Waals surface area (Å²) in [6.45, 7) is 16.9. The Labute approximate surface area is 206 Å². The van der Waals surface area contributed by atoms with Crippen molar-refractivity contribution in [1.29, 1.82) is 0 Å². The number of hydrogen-bond donors (Lipinski definition) is 2. The predicted molar refractivity (Wildman–Crippen MR) is 140 cm³/mol. The highest BCUT2D eigenvalue weighted by Gasteiger charge is 2.12. The van der Waals surface area contributed by atoms with E-state index in [2.05, 4.69) is 22.3 Å². The van der Waals surface area contributed by atoms with Crippen LogP contribution >= 0.6 is 0 Å². The first-order valence-corrected chi connectivity index (χ1v) is 12.6. The Morgan fingerprint density at radius 3 is 2.21 bits per heavy atom. The third-order valence-electron chi connectivity index (χ3n) is 5.30. The Hall–Kier alpha value is -2.57. The summed E-state index contributed by atoms with van der Waals surface area (Å²) in [5.74, 6) is 1.89. The van der Waals surface area contributed by atoms with Gasteiger partial charge in [0.1, 0.15) is 17.2 Å². The van der Waals surface area contributed by atoms with Gasteiger partial charge in [-0.15, -0.1) is 0 Å². The highest BCUT2D eigenvalue weighted by Crippen LogP contribution is 2.31. The van der Waals surface area contributed by atoms with Gasteiger partial charge in [-0.3, -0.25) is 9.69 Å². The number of nitrogens with zero attached hydrogens (tertiary/aromatic N) is 1. The quantitative estimate of drug-likeness (QED) is 0.463. The van der Waals surface area contributed by atoms with Crippen LogP contribution in [0.1, 0.15) is 57.2 Å². The van der Waals surface area contributed by atoms with E-state index in [4.69, 9.17) is 9.47 Å². The van der Waals surface area contributed by atoms with Crippen LogP contribution in [0, 0.1) is 13.8 Å². The number of ether oxygens (including phenoxy) is 2. The lowest BCUT2D eigenvalue weighted by atomic mass is 10.0. The largest absolute Gasteiger partial charge is 0.508 e. The molecule has 0 saturated carbocycles. The topological polar surface area (TPSA) is 71.0 Å². The SMILES string of the molecule is CC.CC.Cc1cc(CCCNC(=O)CCN2CCOCC2)cc(C)c1Oc1ccc(O)cc1. The number of rotatable bonds is 9. The summed E-state index contributed by atoms with van der Waals surface area (Å²) in [4.78, 5) is 14.3. The molecule has 0 spiro atoms. The number of nitrogens with one attached hydrogen (secondary N) is 1. The Morgan fingerprint density at radius 1 is 1.03 bits per heavy atom. The second-order valence-corrected chi connectivity index (χ2v) is 7.81. The minimum Gasteiger partial charge on any atom is -0.508 e. The molecule has 0 atom stereocenters. The summed E-state index contributed by atoms with van der Waals surface area (Å²) in [5, 5.41) is 12.4. The van der Waals surface area contributed by atoms with Crippen LogP contribution in [0.15, 0.2) is 36.4 Å².